The van der Waals surface area contributed by atoms with Crippen LogP contribution in [0.1, 0.15) is 32.7 Å². The van der Waals surface area contributed by atoms with Crippen LogP contribution in [-0.2, 0) is 4.79 Å². The first-order valence-electron chi connectivity index (χ1n) is 4.96. The Morgan fingerprint density at radius 3 is 1.94 bits per heavy atom. The van der Waals surface area contributed by atoms with Gasteiger partial charge in [0.05, 0.1) is 11.1 Å². The molecule has 0 unspecified atom stereocenters. The van der Waals surface area contributed by atoms with Gasteiger partial charge in [-0.1, -0.05) is 12.2 Å². The molecule has 0 radical (unpaired) electrons. The van der Waals surface area contributed by atoms with Crippen LogP contribution in [0, 0.1) is 0 Å². The lowest BCUT2D eigenvalue weighted by atomic mass is 10.0. The number of hydrogen-bond donors (Lipinski definition) is 3. The molecule has 0 spiro atoms. The largest absolute Gasteiger partial charge is 0.478 e. The van der Waals surface area contributed by atoms with E-state index in [4.69, 9.17) is 15.9 Å². The summed E-state index contributed by atoms with van der Waals surface area (Å²) in [4.78, 5) is 32.2. The Labute approximate surface area is 102 Å². The molecule has 6 heteroatoms. The minimum atomic E-state index is -1.22. The summed E-state index contributed by atoms with van der Waals surface area (Å²) in [6.45, 7) is 0. The van der Waals surface area contributed by atoms with Gasteiger partial charge in [-0.15, -0.1) is 0 Å². The number of carboxylic acids is 2. The molecule has 0 saturated heterocycles. The average Bonchev–Trinajstić information content (AvgIpc) is 2.28. The summed E-state index contributed by atoms with van der Waals surface area (Å²) < 4.78 is 0. The van der Waals surface area contributed by atoms with Crippen molar-refractivity contribution in [3.05, 3.63) is 41.0 Å². The van der Waals surface area contributed by atoms with Gasteiger partial charge in [-0.2, -0.15) is 0 Å². The molecule has 0 heterocycles. The normalized spacial score (nSPS) is 10.4. The Bertz CT molecular complexity index is 501. The van der Waals surface area contributed by atoms with Gasteiger partial charge in [-0.25, -0.2) is 9.59 Å². The van der Waals surface area contributed by atoms with Crippen LogP contribution in [-0.4, -0.2) is 28.1 Å². The summed E-state index contributed by atoms with van der Waals surface area (Å²) in [7, 11) is 0. The Hall–Kier alpha value is -2.63. The smallest absolute Gasteiger partial charge is 0.335 e. The number of rotatable bonds is 5. The van der Waals surface area contributed by atoms with Crippen LogP contribution in [0.15, 0.2) is 24.3 Å². The van der Waals surface area contributed by atoms with E-state index in [1.54, 1.807) is 0 Å². The zero-order valence-corrected chi connectivity index (χ0v) is 9.29. The quantitative estimate of drug-likeness (QED) is 0.718. The summed E-state index contributed by atoms with van der Waals surface area (Å²) in [5.41, 5.74) is 5.06. The third kappa shape index (κ3) is 3.75. The highest BCUT2D eigenvalue weighted by molar-refractivity contribution is 5.94. The molecule has 0 aliphatic rings. The number of benzene rings is 1. The fourth-order valence-corrected chi connectivity index (χ4v) is 1.31. The topological polar surface area (TPSA) is 118 Å². The minimum absolute atomic E-state index is 0.000294. The van der Waals surface area contributed by atoms with Crippen LogP contribution in [0.5, 0.6) is 0 Å². The SMILES string of the molecule is NC(=O)CC=Cc1cc(C(=O)O)cc(C(=O)O)c1. The van der Waals surface area contributed by atoms with Crippen molar-refractivity contribution in [2.75, 3.05) is 0 Å². The molecule has 0 aromatic heterocycles. The summed E-state index contributed by atoms with van der Waals surface area (Å²) in [5.74, 6) is -2.97. The molecule has 0 atom stereocenters. The average molecular weight is 249 g/mol. The maximum Gasteiger partial charge on any atom is 0.335 e. The molecule has 94 valence electrons. The second kappa shape index (κ2) is 5.62. The fourth-order valence-electron chi connectivity index (χ4n) is 1.31. The monoisotopic (exact) mass is 249 g/mol. The van der Waals surface area contributed by atoms with Gasteiger partial charge in [-0.3, -0.25) is 4.79 Å². The van der Waals surface area contributed by atoms with Gasteiger partial charge >= 0.3 is 11.9 Å². The van der Waals surface area contributed by atoms with Crippen LogP contribution >= 0.6 is 0 Å². The Morgan fingerprint density at radius 2 is 1.56 bits per heavy atom. The van der Waals surface area contributed by atoms with E-state index in [0.717, 1.165) is 6.07 Å². The van der Waals surface area contributed by atoms with Crippen molar-refractivity contribution >= 4 is 23.9 Å². The number of nitrogens with two attached hydrogens (primary N) is 1. The fraction of sp³-hybridized carbons (Fsp3) is 0.0833. The Kier molecular flexibility index (Phi) is 4.20. The first kappa shape index (κ1) is 13.4. The molecule has 1 rings (SSSR count). The summed E-state index contributed by atoms with van der Waals surface area (Å²) >= 11 is 0. The predicted molar refractivity (Wildman–Crippen MR) is 63.2 cm³/mol. The number of amides is 1. The first-order valence-corrected chi connectivity index (χ1v) is 4.96. The zero-order valence-electron chi connectivity index (χ0n) is 9.29. The highest BCUT2D eigenvalue weighted by atomic mass is 16.4. The second-order valence-corrected chi connectivity index (χ2v) is 3.53. The van der Waals surface area contributed by atoms with E-state index < -0.39 is 17.8 Å². The molecule has 18 heavy (non-hydrogen) atoms. The number of primary amides is 1. The van der Waals surface area contributed by atoms with Gasteiger partial charge in [0.1, 0.15) is 0 Å². The molecule has 0 aliphatic heterocycles. The summed E-state index contributed by atoms with van der Waals surface area (Å²) in [6, 6.07) is 3.69. The van der Waals surface area contributed by atoms with Gasteiger partial charge in [0.25, 0.3) is 0 Å². The number of carboxylic acid groups (broad SMARTS) is 2. The lowest BCUT2D eigenvalue weighted by Crippen LogP contribution is -2.08. The third-order valence-electron chi connectivity index (χ3n) is 2.08. The Morgan fingerprint density at radius 1 is 1.06 bits per heavy atom. The number of carbonyl (C=O) groups excluding carboxylic acids is 1. The number of carbonyl (C=O) groups is 3. The van der Waals surface area contributed by atoms with Crippen LogP contribution < -0.4 is 5.73 Å². The van der Waals surface area contributed by atoms with Gasteiger partial charge in [0.2, 0.25) is 5.91 Å². The highest BCUT2D eigenvalue weighted by Crippen LogP contribution is 2.12. The van der Waals surface area contributed by atoms with Crippen molar-refractivity contribution in [1.82, 2.24) is 0 Å². The number of hydrogen-bond acceptors (Lipinski definition) is 3. The molecule has 6 nitrogen and oxygen atoms in total. The van der Waals surface area contributed by atoms with Crippen LogP contribution in [0.25, 0.3) is 6.08 Å². The van der Waals surface area contributed by atoms with Crippen LogP contribution in [0.4, 0.5) is 0 Å². The minimum Gasteiger partial charge on any atom is -0.478 e. The van der Waals surface area contributed by atoms with E-state index >= 15 is 0 Å². The van der Waals surface area contributed by atoms with Crippen molar-refractivity contribution in [3.8, 4) is 0 Å². The van der Waals surface area contributed by atoms with Crippen molar-refractivity contribution in [2.45, 2.75) is 6.42 Å². The lowest BCUT2D eigenvalue weighted by molar-refractivity contribution is -0.117. The molecular weight excluding hydrogens is 238 g/mol. The van der Waals surface area contributed by atoms with Gasteiger partial charge in [0, 0.05) is 6.42 Å². The van der Waals surface area contributed by atoms with E-state index in [9.17, 15) is 14.4 Å². The lowest BCUT2D eigenvalue weighted by Gasteiger charge is -2.01. The molecule has 1 aromatic carbocycles. The molecule has 1 aromatic rings. The maximum atomic E-state index is 10.8. The highest BCUT2D eigenvalue weighted by Gasteiger charge is 2.10. The van der Waals surface area contributed by atoms with E-state index in [0.29, 0.717) is 5.56 Å². The van der Waals surface area contributed by atoms with Crippen molar-refractivity contribution < 1.29 is 24.6 Å². The van der Waals surface area contributed by atoms with E-state index in [1.165, 1.54) is 24.3 Å². The predicted octanol–water partition coefficient (Wildman–Crippen LogP) is 0.972. The first-order chi connectivity index (χ1) is 8.40. The third-order valence-corrected chi connectivity index (χ3v) is 2.08. The molecule has 0 bridgehead atoms. The van der Waals surface area contributed by atoms with Gasteiger partial charge < -0.3 is 15.9 Å². The maximum absolute atomic E-state index is 10.8. The molecule has 0 fully saturated rings. The Balaban J connectivity index is 3.11. The molecule has 0 aliphatic carbocycles. The van der Waals surface area contributed by atoms with E-state index in [-0.39, 0.29) is 17.5 Å². The summed E-state index contributed by atoms with van der Waals surface area (Å²) in [6.07, 6.45) is 2.89. The van der Waals surface area contributed by atoms with Crippen LogP contribution in [0.3, 0.4) is 0 Å². The van der Waals surface area contributed by atoms with Crippen molar-refractivity contribution in [1.29, 1.82) is 0 Å². The van der Waals surface area contributed by atoms with Crippen LogP contribution in [0.2, 0.25) is 0 Å². The zero-order chi connectivity index (χ0) is 13.7. The van der Waals surface area contributed by atoms with E-state index in [1.807, 2.05) is 0 Å². The molecule has 4 N–H and O–H groups in total. The van der Waals surface area contributed by atoms with E-state index in [2.05, 4.69) is 0 Å². The van der Waals surface area contributed by atoms with Crippen molar-refractivity contribution in [2.24, 2.45) is 5.73 Å². The van der Waals surface area contributed by atoms with Gasteiger partial charge in [-0.05, 0) is 23.8 Å². The standard InChI is InChI=1S/C12H11NO5/c13-10(14)3-1-2-7-4-8(11(15)16)6-9(5-7)12(17)18/h1-2,4-6H,3H2,(H2,13,14)(H,15,16)(H,17,18). The van der Waals surface area contributed by atoms with Gasteiger partial charge in [0.15, 0.2) is 0 Å². The molecular formula is C12H11NO5. The van der Waals surface area contributed by atoms with Crippen molar-refractivity contribution in [3.63, 3.8) is 0 Å². The molecule has 1 amide bonds. The summed E-state index contributed by atoms with van der Waals surface area (Å²) in [5, 5.41) is 17.7. The second-order valence-electron chi connectivity index (χ2n) is 3.53. The molecule has 0 saturated carbocycles. The number of aromatic carboxylic acids is 2.